The Labute approximate surface area is 127 Å². The second kappa shape index (κ2) is 8.14. The number of morpholine rings is 1. The maximum atomic E-state index is 5.76. The fraction of sp³-hybridized carbons (Fsp3) is 0.733. The highest BCUT2D eigenvalue weighted by Gasteiger charge is 2.17. The van der Waals surface area contributed by atoms with Gasteiger partial charge in [0.05, 0.1) is 12.7 Å². The van der Waals surface area contributed by atoms with Gasteiger partial charge in [-0.3, -0.25) is 0 Å². The third kappa shape index (κ3) is 5.13. The second-order valence-electron chi connectivity index (χ2n) is 5.47. The van der Waals surface area contributed by atoms with Gasteiger partial charge in [0.2, 0.25) is 0 Å². The first kappa shape index (κ1) is 16.0. The molecule has 1 unspecified atom stereocenters. The van der Waals surface area contributed by atoms with Crippen LogP contribution in [0.1, 0.15) is 26.1 Å². The number of ether oxygens (including phenoxy) is 1. The maximum Gasteiger partial charge on any atom is 0.132 e. The Morgan fingerprint density at radius 3 is 2.71 bits per heavy atom. The van der Waals surface area contributed by atoms with Crippen molar-refractivity contribution >= 4 is 11.6 Å². The lowest BCUT2D eigenvalue weighted by molar-refractivity contribution is -0.0117. The van der Waals surface area contributed by atoms with Crippen molar-refractivity contribution < 1.29 is 4.74 Å². The van der Waals surface area contributed by atoms with E-state index in [2.05, 4.69) is 46.4 Å². The summed E-state index contributed by atoms with van der Waals surface area (Å²) >= 11 is 0. The van der Waals surface area contributed by atoms with Crippen LogP contribution in [0.2, 0.25) is 0 Å². The van der Waals surface area contributed by atoms with Crippen molar-refractivity contribution in [2.75, 3.05) is 50.5 Å². The topological polar surface area (TPSA) is 62.3 Å². The number of likely N-dealkylation sites (N-methyl/N-ethyl adjacent to an activating group) is 1. The average molecular weight is 293 g/mol. The molecule has 1 aliphatic heterocycles. The maximum absolute atomic E-state index is 5.76. The van der Waals surface area contributed by atoms with E-state index in [1.165, 1.54) is 0 Å². The summed E-state index contributed by atoms with van der Waals surface area (Å²) in [6.07, 6.45) is 2.13. The van der Waals surface area contributed by atoms with Crippen molar-refractivity contribution in [3.63, 3.8) is 0 Å². The van der Waals surface area contributed by atoms with Gasteiger partial charge < -0.3 is 20.3 Å². The van der Waals surface area contributed by atoms with Crippen molar-refractivity contribution in [1.82, 2.24) is 14.9 Å². The van der Waals surface area contributed by atoms with Gasteiger partial charge >= 0.3 is 0 Å². The van der Waals surface area contributed by atoms with Crippen LogP contribution in [-0.2, 0) is 11.2 Å². The Kier molecular flexibility index (Phi) is 6.20. The van der Waals surface area contributed by atoms with Crippen molar-refractivity contribution in [2.45, 2.75) is 32.8 Å². The zero-order chi connectivity index (χ0) is 15.1. The molecule has 1 aromatic rings. The molecule has 0 saturated carbocycles. The molecule has 0 amide bonds. The molecule has 118 valence electrons. The molecule has 1 atom stereocenters. The van der Waals surface area contributed by atoms with E-state index in [0.29, 0.717) is 0 Å². The van der Waals surface area contributed by atoms with Gasteiger partial charge in [0.1, 0.15) is 17.5 Å². The van der Waals surface area contributed by atoms with Crippen LogP contribution in [-0.4, -0.2) is 60.8 Å². The van der Waals surface area contributed by atoms with E-state index < -0.39 is 0 Å². The molecule has 1 aliphatic rings. The molecule has 1 fully saturated rings. The van der Waals surface area contributed by atoms with Crippen LogP contribution in [0, 0.1) is 0 Å². The van der Waals surface area contributed by atoms with Crippen molar-refractivity contribution in [3.05, 3.63) is 11.9 Å². The SMILES string of the molecule is CCCNc1cc(NCC2CN(C)CCO2)nc(CC)n1. The Hall–Kier alpha value is -1.40. The molecule has 0 aliphatic carbocycles. The van der Waals surface area contributed by atoms with E-state index in [0.717, 1.165) is 63.1 Å². The standard InChI is InChI=1S/C15H27N5O/c1-4-6-16-14-9-15(19-13(5-2)18-14)17-10-12-11-20(3)7-8-21-12/h9,12H,4-8,10-11H2,1-3H3,(H2,16,17,18,19). The molecule has 21 heavy (non-hydrogen) atoms. The summed E-state index contributed by atoms with van der Waals surface area (Å²) in [4.78, 5) is 11.3. The summed E-state index contributed by atoms with van der Waals surface area (Å²) in [5, 5.41) is 6.71. The molecule has 0 spiro atoms. The quantitative estimate of drug-likeness (QED) is 0.796. The predicted octanol–water partition coefficient (Wildman–Crippen LogP) is 1.60. The Morgan fingerprint density at radius 1 is 1.29 bits per heavy atom. The molecule has 6 nitrogen and oxygen atoms in total. The van der Waals surface area contributed by atoms with Crippen LogP contribution in [0.15, 0.2) is 6.07 Å². The van der Waals surface area contributed by atoms with Gasteiger partial charge in [-0.05, 0) is 13.5 Å². The molecule has 2 rings (SSSR count). The first-order chi connectivity index (χ1) is 10.2. The summed E-state index contributed by atoms with van der Waals surface area (Å²) in [6.45, 7) is 8.69. The summed E-state index contributed by atoms with van der Waals surface area (Å²) in [5.74, 6) is 2.63. The van der Waals surface area contributed by atoms with Gasteiger partial charge in [0.15, 0.2) is 0 Å². The number of hydrogen-bond donors (Lipinski definition) is 2. The molecule has 2 N–H and O–H groups in total. The molecular weight excluding hydrogens is 266 g/mol. The van der Waals surface area contributed by atoms with Gasteiger partial charge in [0, 0.05) is 38.7 Å². The number of aromatic nitrogens is 2. The van der Waals surface area contributed by atoms with Gasteiger partial charge in [0.25, 0.3) is 0 Å². The number of nitrogens with one attached hydrogen (secondary N) is 2. The smallest absolute Gasteiger partial charge is 0.132 e. The van der Waals surface area contributed by atoms with Crippen LogP contribution < -0.4 is 10.6 Å². The highest BCUT2D eigenvalue weighted by molar-refractivity contribution is 5.47. The van der Waals surface area contributed by atoms with Gasteiger partial charge in [-0.15, -0.1) is 0 Å². The summed E-state index contributed by atoms with van der Waals surface area (Å²) < 4.78 is 5.76. The number of rotatable bonds is 7. The summed E-state index contributed by atoms with van der Waals surface area (Å²) in [5.41, 5.74) is 0. The van der Waals surface area contributed by atoms with E-state index >= 15 is 0 Å². The Morgan fingerprint density at radius 2 is 2.05 bits per heavy atom. The van der Waals surface area contributed by atoms with Crippen molar-refractivity contribution in [3.8, 4) is 0 Å². The van der Waals surface area contributed by atoms with Crippen LogP contribution in [0.3, 0.4) is 0 Å². The van der Waals surface area contributed by atoms with E-state index in [1.54, 1.807) is 0 Å². The van der Waals surface area contributed by atoms with Crippen LogP contribution in [0.5, 0.6) is 0 Å². The van der Waals surface area contributed by atoms with Crippen molar-refractivity contribution in [2.24, 2.45) is 0 Å². The fourth-order valence-corrected chi connectivity index (χ4v) is 2.30. The van der Waals surface area contributed by atoms with Crippen LogP contribution >= 0.6 is 0 Å². The monoisotopic (exact) mass is 293 g/mol. The largest absolute Gasteiger partial charge is 0.374 e. The molecule has 0 aromatic carbocycles. The van der Waals surface area contributed by atoms with E-state index in [1.807, 2.05) is 6.07 Å². The molecule has 0 radical (unpaired) electrons. The molecule has 2 heterocycles. The minimum atomic E-state index is 0.218. The number of aryl methyl sites for hydroxylation is 1. The van der Waals surface area contributed by atoms with E-state index in [-0.39, 0.29) is 6.10 Å². The number of nitrogens with zero attached hydrogens (tertiary/aromatic N) is 3. The second-order valence-corrected chi connectivity index (χ2v) is 5.47. The molecule has 0 bridgehead atoms. The number of anilines is 2. The molecular formula is C15H27N5O. The highest BCUT2D eigenvalue weighted by Crippen LogP contribution is 2.13. The molecule has 1 aromatic heterocycles. The zero-order valence-corrected chi connectivity index (χ0v) is 13.4. The van der Waals surface area contributed by atoms with Crippen LogP contribution in [0.4, 0.5) is 11.6 Å². The van der Waals surface area contributed by atoms with Gasteiger partial charge in [-0.25, -0.2) is 9.97 Å². The van der Waals surface area contributed by atoms with Gasteiger partial charge in [-0.1, -0.05) is 13.8 Å². The summed E-state index contributed by atoms with van der Waals surface area (Å²) in [6, 6.07) is 1.97. The molecule has 6 heteroatoms. The lowest BCUT2D eigenvalue weighted by Crippen LogP contribution is -2.43. The van der Waals surface area contributed by atoms with E-state index in [9.17, 15) is 0 Å². The normalized spacial score (nSPS) is 19.5. The summed E-state index contributed by atoms with van der Waals surface area (Å²) in [7, 11) is 2.13. The first-order valence-electron chi connectivity index (χ1n) is 7.87. The van der Waals surface area contributed by atoms with E-state index in [4.69, 9.17) is 4.74 Å². The minimum absolute atomic E-state index is 0.218. The van der Waals surface area contributed by atoms with Crippen molar-refractivity contribution in [1.29, 1.82) is 0 Å². The van der Waals surface area contributed by atoms with Crippen LogP contribution in [0.25, 0.3) is 0 Å². The Balaban J connectivity index is 1.94. The van der Waals surface area contributed by atoms with Gasteiger partial charge in [-0.2, -0.15) is 0 Å². The minimum Gasteiger partial charge on any atom is -0.374 e. The lowest BCUT2D eigenvalue weighted by atomic mass is 10.3. The molecule has 1 saturated heterocycles. The number of hydrogen-bond acceptors (Lipinski definition) is 6. The Bertz CT molecular complexity index is 440. The average Bonchev–Trinajstić information content (AvgIpc) is 2.51. The predicted molar refractivity (Wildman–Crippen MR) is 85.9 cm³/mol. The third-order valence-electron chi connectivity index (χ3n) is 3.50. The zero-order valence-electron chi connectivity index (χ0n) is 13.4. The fourth-order valence-electron chi connectivity index (χ4n) is 2.30. The first-order valence-corrected chi connectivity index (χ1v) is 7.87. The highest BCUT2D eigenvalue weighted by atomic mass is 16.5. The third-order valence-corrected chi connectivity index (χ3v) is 3.50. The lowest BCUT2D eigenvalue weighted by Gasteiger charge is -2.30.